The van der Waals surface area contributed by atoms with Gasteiger partial charge in [0.05, 0.1) is 11.9 Å². The van der Waals surface area contributed by atoms with Crippen LogP contribution in [0.15, 0.2) is 30.5 Å². The summed E-state index contributed by atoms with van der Waals surface area (Å²) in [5.74, 6) is 0. The van der Waals surface area contributed by atoms with Gasteiger partial charge in [0.15, 0.2) is 0 Å². The second kappa shape index (κ2) is 5.73. The van der Waals surface area contributed by atoms with Crippen LogP contribution < -0.4 is 5.32 Å². The van der Waals surface area contributed by atoms with Gasteiger partial charge >= 0.3 is 0 Å². The van der Waals surface area contributed by atoms with Crippen LogP contribution in [-0.4, -0.2) is 23.3 Å². The van der Waals surface area contributed by atoms with Gasteiger partial charge in [0.1, 0.15) is 0 Å². The van der Waals surface area contributed by atoms with Crippen LogP contribution in [0.2, 0.25) is 0 Å². The van der Waals surface area contributed by atoms with Gasteiger partial charge in [0.25, 0.3) is 0 Å². The van der Waals surface area contributed by atoms with Crippen molar-refractivity contribution < 1.29 is 0 Å². The number of hydrogen-bond donors (Lipinski definition) is 1. The summed E-state index contributed by atoms with van der Waals surface area (Å²) in [6, 6.07) is 8.79. The van der Waals surface area contributed by atoms with Crippen molar-refractivity contribution in [3.05, 3.63) is 36.2 Å². The lowest BCUT2D eigenvalue weighted by molar-refractivity contribution is 0.508. The maximum atomic E-state index is 4.29. The van der Waals surface area contributed by atoms with Gasteiger partial charge in [-0.2, -0.15) is 10.2 Å². The SMILES string of the molecule is CCCC(Cc1nncc2ccccc12)NC. The number of aromatic nitrogens is 2. The maximum Gasteiger partial charge on any atom is 0.0724 e. The highest BCUT2D eigenvalue weighted by Gasteiger charge is 2.10. The van der Waals surface area contributed by atoms with E-state index < -0.39 is 0 Å². The first-order valence-electron chi connectivity index (χ1n) is 6.21. The van der Waals surface area contributed by atoms with Crippen LogP contribution in [0.25, 0.3) is 10.8 Å². The third kappa shape index (κ3) is 2.80. The third-order valence-corrected chi connectivity index (χ3v) is 3.13. The first kappa shape index (κ1) is 12.0. The Labute approximate surface area is 102 Å². The van der Waals surface area contributed by atoms with E-state index in [4.69, 9.17) is 0 Å². The minimum absolute atomic E-state index is 0.486. The monoisotopic (exact) mass is 229 g/mol. The molecular weight excluding hydrogens is 210 g/mol. The Bertz CT molecular complexity index is 476. The van der Waals surface area contributed by atoms with Crippen molar-refractivity contribution in [1.82, 2.24) is 15.5 Å². The molecule has 2 rings (SSSR count). The van der Waals surface area contributed by atoms with Gasteiger partial charge in [-0.3, -0.25) is 0 Å². The lowest BCUT2D eigenvalue weighted by Crippen LogP contribution is -2.27. The molecule has 0 amide bonds. The van der Waals surface area contributed by atoms with Gasteiger partial charge in [-0.15, -0.1) is 0 Å². The molecule has 3 nitrogen and oxygen atoms in total. The van der Waals surface area contributed by atoms with Crippen molar-refractivity contribution in [3.63, 3.8) is 0 Å². The standard InChI is InChI=1S/C14H19N3/c1-3-6-12(15-2)9-14-13-8-5-4-7-11(13)10-16-17-14/h4-5,7-8,10,12,15H,3,6,9H2,1-2H3. The largest absolute Gasteiger partial charge is 0.317 e. The van der Waals surface area contributed by atoms with E-state index >= 15 is 0 Å². The molecule has 0 aliphatic heterocycles. The number of hydrogen-bond acceptors (Lipinski definition) is 3. The van der Waals surface area contributed by atoms with Crippen LogP contribution in [0, 0.1) is 0 Å². The fraction of sp³-hybridized carbons (Fsp3) is 0.429. The number of nitrogens with one attached hydrogen (secondary N) is 1. The number of fused-ring (bicyclic) bond motifs is 1. The first-order chi connectivity index (χ1) is 8.35. The Balaban J connectivity index is 2.28. The van der Waals surface area contributed by atoms with Crippen molar-refractivity contribution in [3.8, 4) is 0 Å². The molecule has 1 atom stereocenters. The zero-order chi connectivity index (χ0) is 12.1. The van der Waals surface area contributed by atoms with Gasteiger partial charge in [0.2, 0.25) is 0 Å². The molecule has 17 heavy (non-hydrogen) atoms. The van der Waals surface area contributed by atoms with Crippen LogP contribution in [0.1, 0.15) is 25.5 Å². The second-order valence-electron chi connectivity index (χ2n) is 4.36. The van der Waals surface area contributed by atoms with E-state index in [0.717, 1.165) is 12.1 Å². The number of rotatable bonds is 5. The smallest absolute Gasteiger partial charge is 0.0724 e. The Morgan fingerprint density at radius 3 is 2.88 bits per heavy atom. The summed E-state index contributed by atoms with van der Waals surface area (Å²) in [6.07, 6.45) is 5.12. The Morgan fingerprint density at radius 2 is 2.12 bits per heavy atom. The van der Waals surface area contributed by atoms with Crippen LogP contribution in [0.3, 0.4) is 0 Å². The molecule has 0 saturated carbocycles. The molecular formula is C14H19N3. The highest BCUT2D eigenvalue weighted by atomic mass is 15.1. The van der Waals surface area contributed by atoms with E-state index in [1.165, 1.54) is 23.6 Å². The highest BCUT2D eigenvalue weighted by molar-refractivity contribution is 5.83. The average molecular weight is 229 g/mol. The van der Waals surface area contributed by atoms with Crippen LogP contribution in [0.5, 0.6) is 0 Å². The summed E-state index contributed by atoms with van der Waals surface area (Å²) >= 11 is 0. The lowest BCUT2D eigenvalue weighted by atomic mass is 10.0. The van der Waals surface area contributed by atoms with Gasteiger partial charge in [-0.25, -0.2) is 0 Å². The summed E-state index contributed by atoms with van der Waals surface area (Å²) in [6.45, 7) is 2.21. The maximum absolute atomic E-state index is 4.29. The predicted molar refractivity (Wildman–Crippen MR) is 71.0 cm³/mol. The summed E-state index contributed by atoms with van der Waals surface area (Å²) in [5.41, 5.74) is 1.09. The molecule has 1 N–H and O–H groups in total. The lowest BCUT2D eigenvalue weighted by Gasteiger charge is -2.15. The fourth-order valence-corrected chi connectivity index (χ4v) is 2.17. The van der Waals surface area contributed by atoms with Gasteiger partial charge < -0.3 is 5.32 Å². The van der Waals surface area contributed by atoms with Crippen molar-refractivity contribution in [2.75, 3.05) is 7.05 Å². The van der Waals surface area contributed by atoms with E-state index in [1.54, 1.807) is 0 Å². The Morgan fingerprint density at radius 1 is 1.29 bits per heavy atom. The van der Waals surface area contributed by atoms with Gasteiger partial charge in [-0.05, 0) is 13.5 Å². The molecule has 0 fully saturated rings. The normalized spacial score (nSPS) is 12.8. The van der Waals surface area contributed by atoms with Crippen molar-refractivity contribution in [2.24, 2.45) is 0 Å². The van der Waals surface area contributed by atoms with Crippen LogP contribution in [0.4, 0.5) is 0 Å². The molecule has 0 saturated heterocycles. The molecule has 90 valence electrons. The molecule has 3 heteroatoms. The highest BCUT2D eigenvalue weighted by Crippen LogP contribution is 2.17. The average Bonchev–Trinajstić information content (AvgIpc) is 2.38. The number of likely N-dealkylation sites (N-methyl/N-ethyl adjacent to an activating group) is 1. The van der Waals surface area contributed by atoms with Crippen molar-refractivity contribution in [2.45, 2.75) is 32.2 Å². The minimum Gasteiger partial charge on any atom is -0.317 e. The van der Waals surface area contributed by atoms with Crippen LogP contribution in [-0.2, 0) is 6.42 Å². The molecule has 1 aromatic carbocycles. The summed E-state index contributed by atoms with van der Waals surface area (Å²) in [5, 5.41) is 14.1. The van der Waals surface area contributed by atoms with Crippen molar-refractivity contribution >= 4 is 10.8 Å². The predicted octanol–water partition coefficient (Wildman–Crippen LogP) is 2.56. The summed E-state index contributed by atoms with van der Waals surface area (Å²) < 4.78 is 0. The minimum atomic E-state index is 0.486. The number of benzene rings is 1. The van der Waals surface area contributed by atoms with Gasteiger partial charge in [-0.1, -0.05) is 37.6 Å². The molecule has 2 aromatic rings. The Kier molecular flexibility index (Phi) is 4.04. The van der Waals surface area contributed by atoms with E-state index in [1.807, 2.05) is 19.3 Å². The zero-order valence-corrected chi connectivity index (χ0v) is 10.5. The Hall–Kier alpha value is -1.48. The zero-order valence-electron chi connectivity index (χ0n) is 10.5. The molecule has 0 bridgehead atoms. The van der Waals surface area contributed by atoms with E-state index in [-0.39, 0.29) is 0 Å². The molecule has 1 heterocycles. The first-order valence-corrected chi connectivity index (χ1v) is 6.21. The number of nitrogens with zero attached hydrogens (tertiary/aromatic N) is 2. The quantitative estimate of drug-likeness (QED) is 0.856. The topological polar surface area (TPSA) is 37.8 Å². The van der Waals surface area contributed by atoms with Gasteiger partial charge in [0, 0.05) is 23.2 Å². The summed E-state index contributed by atoms with van der Waals surface area (Å²) in [4.78, 5) is 0. The molecule has 1 unspecified atom stereocenters. The molecule has 0 aliphatic rings. The summed E-state index contributed by atoms with van der Waals surface area (Å²) in [7, 11) is 2.01. The molecule has 0 spiro atoms. The third-order valence-electron chi connectivity index (χ3n) is 3.13. The van der Waals surface area contributed by atoms with Crippen molar-refractivity contribution in [1.29, 1.82) is 0 Å². The molecule has 1 aromatic heterocycles. The molecule has 0 radical (unpaired) electrons. The fourth-order valence-electron chi connectivity index (χ4n) is 2.17. The van der Waals surface area contributed by atoms with E-state index in [0.29, 0.717) is 6.04 Å². The van der Waals surface area contributed by atoms with E-state index in [9.17, 15) is 0 Å². The van der Waals surface area contributed by atoms with E-state index in [2.05, 4.69) is 40.6 Å². The second-order valence-corrected chi connectivity index (χ2v) is 4.36. The van der Waals surface area contributed by atoms with Crippen LogP contribution >= 0.6 is 0 Å². The molecule has 0 aliphatic carbocycles.